The SMILES string of the molecule is COc1cc2c(C(N)=O)nn(-c3cccc(C#C[C@]45CC4CN(C)C5=O)c3)c2nn1. The Kier molecular flexibility index (Phi) is 3.80. The van der Waals surface area contributed by atoms with Crippen LogP contribution >= 0.6 is 0 Å². The van der Waals surface area contributed by atoms with E-state index in [1.807, 2.05) is 31.3 Å². The van der Waals surface area contributed by atoms with Gasteiger partial charge in [0.25, 0.3) is 5.91 Å². The first-order valence-corrected chi connectivity index (χ1v) is 9.42. The van der Waals surface area contributed by atoms with Crippen molar-refractivity contribution in [1.29, 1.82) is 0 Å². The summed E-state index contributed by atoms with van der Waals surface area (Å²) in [6, 6.07) is 8.92. The van der Waals surface area contributed by atoms with Crippen molar-refractivity contribution < 1.29 is 14.3 Å². The van der Waals surface area contributed by atoms with Gasteiger partial charge < -0.3 is 15.4 Å². The van der Waals surface area contributed by atoms with E-state index in [9.17, 15) is 9.59 Å². The van der Waals surface area contributed by atoms with E-state index in [-0.39, 0.29) is 17.5 Å². The fraction of sp³-hybridized carbons (Fsp3) is 0.286. The maximum absolute atomic E-state index is 12.4. The minimum Gasteiger partial charge on any atom is -0.480 e. The molecule has 1 saturated heterocycles. The fourth-order valence-electron chi connectivity index (χ4n) is 4.03. The van der Waals surface area contributed by atoms with Gasteiger partial charge in [0.1, 0.15) is 5.41 Å². The molecule has 1 aromatic carbocycles. The smallest absolute Gasteiger partial charge is 0.269 e. The third-order valence-corrected chi connectivity index (χ3v) is 5.70. The Morgan fingerprint density at radius 3 is 2.87 bits per heavy atom. The second kappa shape index (κ2) is 6.29. The Morgan fingerprint density at radius 1 is 1.33 bits per heavy atom. The van der Waals surface area contributed by atoms with Gasteiger partial charge in [-0.1, -0.05) is 17.9 Å². The Hall–Kier alpha value is -3.93. The summed E-state index contributed by atoms with van der Waals surface area (Å²) in [5, 5.41) is 12.9. The van der Waals surface area contributed by atoms with E-state index in [1.54, 1.807) is 11.0 Å². The molecule has 2 fully saturated rings. The van der Waals surface area contributed by atoms with E-state index in [2.05, 4.69) is 27.1 Å². The molecule has 2 atom stereocenters. The van der Waals surface area contributed by atoms with Crippen molar-refractivity contribution in [3.8, 4) is 23.4 Å². The second-order valence-electron chi connectivity index (χ2n) is 7.61. The molecular weight excluding hydrogens is 384 g/mol. The number of nitrogens with two attached hydrogens (primary N) is 1. The van der Waals surface area contributed by atoms with E-state index in [0.717, 1.165) is 18.5 Å². The first-order chi connectivity index (χ1) is 14.4. The number of fused-ring (bicyclic) bond motifs is 2. The zero-order chi connectivity index (χ0) is 21.0. The van der Waals surface area contributed by atoms with Crippen molar-refractivity contribution in [2.75, 3.05) is 20.7 Å². The summed E-state index contributed by atoms with van der Waals surface area (Å²) in [4.78, 5) is 26.0. The number of primary amides is 1. The average Bonchev–Trinajstić information content (AvgIpc) is 3.21. The van der Waals surface area contributed by atoms with E-state index in [0.29, 0.717) is 22.6 Å². The molecule has 5 rings (SSSR count). The van der Waals surface area contributed by atoms with Gasteiger partial charge in [-0.25, -0.2) is 4.68 Å². The standard InChI is InChI=1S/C21H18N6O3/c1-26-11-13-10-21(13,20(26)29)7-6-12-4-3-5-14(8-12)27-19-15(17(25-27)18(22)28)9-16(30-2)23-24-19/h3-5,8-9,13H,10-11H2,1-2H3,(H2,22,28)/t13?,21-/m0/s1. The van der Waals surface area contributed by atoms with E-state index >= 15 is 0 Å². The quantitative estimate of drug-likeness (QED) is 0.647. The second-order valence-corrected chi connectivity index (χ2v) is 7.61. The highest BCUT2D eigenvalue weighted by Gasteiger charge is 2.65. The maximum atomic E-state index is 12.4. The van der Waals surface area contributed by atoms with Crippen LogP contribution in [0.15, 0.2) is 30.3 Å². The number of likely N-dealkylation sites (tertiary alicyclic amines) is 1. The first-order valence-electron chi connectivity index (χ1n) is 9.42. The lowest BCUT2D eigenvalue weighted by molar-refractivity contribution is -0.130. The number of amides is 2. The lowest BCUT2D eigenvalue weighted by atomic mass is 10.1. The molecule has 0 bridgehead atoms. The normalized spacial score (nSPS) is 21.9. The molecule has 1 aliphatic carbocycles. The summed E-state index contributed by atoms with van der Waals surface area (Å²) < 4.78 is 6.59. The predicted octanol–water partition coefficient (Wildman–Crippen LogP) is 0.753. The van der Waals surface area contributed by atoms with Crippen molar-refractivity contribution in [1.82, 2.24) is 24.9 Å². The molecule has 2 amide bonds. The van der Waals surface area contributed by atoms with Gasteiger partial charge in [-0.15, -0.1) is 10.2 Å². The van der Waals surface area contributed by atoms with Crippen LogP contribution < -0.4 is 10.5 Å². The van der Waals surface area contributed by atoms with Crippen LogP contribution in [0.5, 0.6) is 5.88 Å². The number of aromatic nitrogens is 4. The highest BCUT2D eigenvalue weighted by Crippen LogP contribution is 2.57. The van der Waals surface area contributed by atoms with Crippen LogP contribution in [0.4, 0.5) is 0 Å². The summed E-state index contributed by atoms with van der Waals surface area (Å²) in [6.07, 6.45) is 0.825. The number of hydrogen-bond acceptors (Lipinski definition) is 6. The topological polar surface area (TPSA) is 116 Å². The number of benzene rings is 1. The highest BCUT2D eigenvalue weighted by atomic mass is 16.5. The molecule has 9 nitrogen and oxygen atoms in total. The Balaban J connectivity index is 1.56. The number of ether oxygens (including phenoxy) is 1. The van der Waals surface area contributed by atoms with E-state index in [4.69, 9.17) is 10.5 Å². The summed E-state index contributed by atoms with van der Waals surface area (Å²) in [6.45, 7) is 0.769. The molecule has 3 aromatic rings. The van der Waals surface area contributed by atoms with Gasteiger partial charge in [-0.3, -0.25) is 9.59 Å². The highest BCUT2D eigenvalue weighted by molar-refractivity contribution is 6.03. The fourth-order valence-corrected chi connectivity index (χ4v) is 4.03. The van der Waals surface area contributed by atoms with Crippen LogP contribution in [-0.4, -0.2) is 57.4 Å². The Morgan fingerprint density at radius 2 is 2.17 bits per heavy atom. The van der Waals surface area contributed by atoms with Crippen LogP contribution in [0.25, 0.3) is 16.7 Å². The first kappa shape index (κ1) is 18.1. The van der Waals surface area contributed by atoms with Gasteiger partial charge in [-0.05, 0) is 24.6 Å². The third kappa shape index (κ3) is 2.61. The summed E-state index contributed by atoms with van der Waals surface area (Å²) in [5.41, 5.74) is 6.81. The summed E-state index contributed by atoms with van der Waals surface area (Å²) in [7, 11) is 3.27. The average molecular weight is 402 g/mol. The molecule has 1 unspecified atom stereocenters. The largest absolute Gasteiger partial charge is 0.480 e. The number of methoxy groups -OCH3 is 1. The molecule has 3 heterocycles. The molecule has 2 aromatic heterocycles. The van der Waals surface area contributed by atoms with Gasteiger partial charge in [-0.2, -0.15) is 5.10 Å². The minimum atomic E-state index is -0.674. The van der Waals surface area contributed by atoms with Crippen LogP contribution in [0.3, 0.4) is 0 Å². The number of rotatable bonds is 3. The Bertz CT molecular complexity index is 1290. The predicted molar refractivity (Wildman–Crippen MR) is 107 cm³/mol. The van der Waals surface area contributed by atoms with Gasteiger partial charge in [0.05, 0.1) is 18.2 Å². The molecular formula is C21H18N6O3. The molecule has 30 heavy (non-hydrogen) atoms. The van der Waals surface area contributed by atoms with Gasteiger partial charge in [0.15, 0.2) is 11.3 Å². The summed E-state index contributed by atoms with van der Waals surface area (Å²) in [5.74, 6) is 6.34. The van der Waals surface area contributed by atoms with Crippen molar-refractivity contribution in [2.45, 2.75) is 6.42 Å². The van der Waals surface area contributed by atoms with E-state index in [1.165, 1.54) is 11.8 Å². The van der Waals surface area contributed by atoms with Crippen molar-refractivity contribution in [2.24, 2.45) is 17.1 Å². The van der Waals surface area contributed by atoms with Crippen LogP contribution in [0.2, 0.25) is 0 Å². The van der Waals surface area contributed by atoms with Crippen molar-refractivity contribution in [3.63, 3.8) is 0 Å². The maximum Gasteiger partial charge on any atom is 0.269 e. The zero-order valence-electron chi connectivity index (χ0n) is 16.4. The lowest BCUT2D eigenvalue weighted by Gasteiger charge is -2.11. The molecule has 2 aliphatic rings. The van der Waals surface area contributed by atoms with Gasteiger partial charge >= 0.3 is 0 Å². The number of piperidine rings is 1. The zero-order valence-corrected chi connectivity index (χ0v) is 16.4. The monoisotopic (exact) mass is 402 g/mol. The van der Waals surface area contributed by atoms with Crippen LogP contribution in [0.1, 0.15) is 22.5 Å². The number of carbonyl (C=O) groups is 2. The molecule has 1 aliphatic heterocycles. The van der Waals surface area contributed by atoms with Crippen molar-refractivity contribution in [3.05, 3.63) is 41.6 Å². The molecule has 1 saturated carbocycles. The number of hydrogen-bond donors (Lipinski definition) is 1. The molecule has 2 N–H and O–H groups in total. The number of nitrogens with zero attached hydrogens (tertiary/aromatic N) is 5. The molecule has 150 valence electrons. The molecule has 0 radical (unpaired) electrons. The number of carbonyl (C=O) groups excluding carboxylic acids is 2. The minimum absolute atomic E-state index is 0.0778. The van der Waals surface area contributed by atoms with Crippen LogP contribution in [0, 0.1) is 23.2 Å². The third-order valence-electron chi connectivity index (χ3n) is 5.70. The summed E-state index contributed by atoms with van der Waals surface area (Å²) >= 11 is 0. The van der Waals surface area contributed by atoms with Gasteiger partial charge in [0.2, 0.25) is 11.8 Å². The lowest BCUT2D eigenvalue weighted by Crippen LogP contribution is -2.27. The van der Waals surface area contributed by atoms with Gasteiger partial charge in [0, 0.05) is 31.1 Å². The van der Waals surface area contributed by atoms with Crippen molar-refractivity contribution >= 4 is 22.8 Å². The molecule has 9 heteroatoms. The van der Waals surface area contributed by atoms with Crippen LogP contribution in [-0.2, 0) is 4.79 Å². The van der Waals surface area contributed by atoms with E-state index < -0.39 is 11.3 Å². The Labute approximate surface area is 171 Å². The molecule has 0 spiro atoms.